The summed E-state index contributed by atoms with van der Waals surface area (Å²) in [6.07, 6.45) is 0.928. The van der Waals surface area contributed by atoms with Crippen molar-refractivity contribution in [3.8, 4) is 5.75 Å². The van der Waals surface area contributed by atoms with Gasteiger partial charge in [0.1, 0.15) is 17.9 Å². The first-order valence-corrected chi connectivity index (χ1v) is 9.47. The molecule has 3 aromatic rings. The molecule has 5 heteroatoms. The van der Waals surface area contributed by atoms with Crippen LogP contribution in [0.2, 0.25) is 0 Å². The second kappa shape index (κ2) is 10.1. The lowest BCUT2D eigenvalue weighted by molar-refractivity contribution is -0.119. The first-order valence-electron chi connectivity index (χ1n) is 9.47. The van der Waals surface area contributed by atoms with E-state index in [4.69, 9.17) is 9.47 Å². The molecule has 3 rings (SSSR count). The molecule has 0 unspecified atom stereocenters. The normalized spacial score (nSPS) is 10.2. The highest BCUT2D eigenvalue weighted by Gasteiger charge is 2.15. The van der Waals surface area contributed by atoms with Gasteiger partial charge in [-0.3, -0.25) is 4.79 Å². The molecular formula is C24H23NO4. The lowest BCUT2D eigenvalue weighted by atomic mass is 10.1. The third-order valence-electron chi connectivity index (χ3n) is 4.32. The van der Waals surface area contributed by atoms with Crippen molar-refractivity contribution in [1.29, 1.82) is 0 Å². The van der Waals surface area contributed by atoms with E-state index >= 15 is 0 Å². The minimum atomic E-state index is -0.606. The van der Waals surface area contributed by atoms with E-state index in [9.17, 15) is 9.59 Å². The number of benzene rings is 3. The number of hydrogen-bond donors (Lipinski definition) is 1. The van der Waals surface area contributed by atoms with Gasteiger partial charge < -0.3 is 14.8 Å². The van der Waals surface area contributed by atoms with Gasteiger partial charge in [-0.2, -0.15) is 0 Å². The van der Waals surface area contributed by atoms with Crippen molar-refractivity contribution in [3.63, 3.8) is 0 Å². The van der Waals surface area contributed by atoms with Gasteiger partial charge in [-0.05, 0) is 41.8 Å². The number of hydrogen-bond acceptors (Lipinski definition) is 4. The van der Waals surface area contributed by atoms with Crippen molar-refractivity contribution in [2.45, 2.75) is 20.0 Å². The molecule has 0 aliphatic heterocycles. The highest BCUT2D eigenvalue weighted by atomic mass is 16.5. The van der Waals surface area contributed by atoms with E-state index in [0.717, 1.165) is 12.0 Å². The summed E-state index contributed by atoms with van der Waals surface area (Å²) in [5.74, 6) is -0.590. The number of carbonyl (C=O) groups excluding carboxylic acids is 2. The summed E-state index contributed by atoms with van der Waals surface area (Å²) in [4.78, 5) is 24.5. The Bertz CT molecular complexity index is 952. The minimum Gasteiger partial charge on any atom is -0.488 e. The van der Waals surface area contributed by atoms with Gasteiger partial charge in [-0.25, -0.2) is 4.79 Å². The molecule has 0 radical (unpaired) electrons. The maximum absolute atomic E-state index is 12.4. The first-order chi connectivity index (χ1) is 14.2. The van der Waals surface area contributed by atoms with Crippen LogP contribution in [0.5, 0.6) is 5.75 Å². The topological polar surface area (TPSA) is 64.6 Å². The van der Waals surface area contributed by atoms with Crippen LogP contribution in [0.4, 0.5) is 5.69 Å². The van der Waals surface area contributed by atoms with Crippen LogP contribution in [0.1, 0.15) is 28.4 Å². The fourth-order valence-electron chi connectivity index (χ4n) is 2.73. The van der Waals surface area contributed by atoms with E-state index in [1.54, 1.807) is 24.3 Å². The molecule has 0 atom stereocenters. The van der Waals surface area contributed by atoms with Crippen molar-refractivity contribution >= 4 is 17.6 Å². The summed E-state index contributed by atoms with van der Waals surface area (Å²) < 4.78 is 10.9. The Morgan fingerprint density at radius 1 is 0.828 bits per heavy atom. The molecule has 3 aromatic carbocycles. The second-order valence-electron chi connectivity index (χ2n) is 6.45. The summed E-state index contributed by atoms with van der Waals surface area (Å²) >= 11 is 0. The Morgan fingerprint density at radius 2 is 1.52 bits per heavy atom. The van der Waals surface area contributed by atoms with E-state index in [1.165, 1.54) is 5.56 Å². The highest BCUT2D eigenvalue weighted by Crippen LogP contribution is 2.20. The fourth-order valence-corrected chi connectivity index (χ4v) is 2.73. The smallest absolute Gasteiger partial charge is 0.342 e. The van der Waals surface area contributed by atoms with Crippen LogP contribution in [0.25, 0.3) is 0 Å². The van der Waals surface area contributed by atoms with Crippen molar-refractivity contribution < 1.29 is 19.1 Å². The molecule has 0 fully saturated rings. The highest BCUT2D eigenvalue weighted by molar-refractivity contribution is 5.96. The molecule has 0 heterocycles. The van der Waals surface area contributed by atoms with Gasteiger partial charge in [0.05, 0.1) is 0 Å². The number of rotatable bonds is 8. The third-order valence-corrected chi connectivity index (χ3v) is 4.32. The van der Waals surface area contributed by atoms with Crippen LogP contribution in [-0.2, 0) is 22.6 Å². The molecule has 0 spiro atoms. The number of anilines is 1. The number of nitrogens with one attached hydrogen (secondary N) is 1. The maximum atomic E-state index is 12.4. The van der Waals surface area contributed by atoms with E-state index in [2.05, 4.69) is 12.2 Å². The second-order valence-corrected chi connectivity index (χ2v) is 6.45. The lowest BCUT2D eigenvalue weighted by Gasteiger charge is -2.11. The van der Waals surface area contributed by atoms with Gasteiger partial charge in [0.15, 0.2) is 6.61 Å². The first kappa shape index (κ1) is 20.1. The van der Waals surface area contributed by atoms with Gasteiger partial charge in [0.2, 0.25) is 0 Å². The molecule has 5 nitrogen and oxygen atoms in total. The average Bonchev–Trinajstić information content (AvgIpc) is 2.77. The minimum absolute atomic E-state index is 0.281. The van der Waals surface area contributed by atoms with Gasteiger partial charge in [0, 0.05) is 5.69 Å². The van der Waals surface area contributed by atoms with Gasteiger partial charge >= 0.3 is 5.97 Å². The number of para-hydroxylation sites is 1. The van der Waals surface area contributed by atoms with Gasteiger partial charge in [0.25, 0.3) is 5.91 Å². The Labute approximate surface area is 170 Å². The largest absolute Gasteiger partial charge is 0.488 e. The monoisotopic (exact) mass is 389 g/mol. The zero-order chi connectivity index (χ0) is 20.5. The molecule has 148 valence electrons. The third kappa shape index (κ3) is 5.94. The lowest BCUT2D eigenvalue weighted by Crippen LogP contribution is -2.21. The van der Waals surface area contributed by atoms with E-state index < -0.39 is 11.9 Å². The summed E-state index contributed by atoms with van der Waals surface area (Å²) in [6.45, 7) is 2.02. The number of ether oxygens (including phenoxy) is 2. The molecule has 0 bridgehead atoms. The molecule has 1 N–H and O–H groups in total. The molecule has 0 aromatic heterocycles. The van der Waals surface area contributed by atoms with Crippen LogP contribution < -0.4 is 10.1 Å². The zero-order valence-corrected chi connectivity index (χ0v) is 16.3. The molecule has 1 amide bonds. The fraction of sp³-hybridized carbons (Fsp3) is 0.167. The Morgan fingerprint density at radius 3 is 2.24 bits per heavy atom. The standard InChI is InChI=1S/C24H23NO4/c1-2-18-12-14-20(15-13-18)25-23(26)17-29-24(27)21-10-6-7-11-22(21)28-16-19-8-4-3-5-9-19/h3-15H,2,16-17H2,1H3,(H,25,26). The molecule has 0 aliphatic rings. The van der Waals surface area contributed by atoms with Gasteiger partial charge in [-0.1, -0.05) is 61.5 Å². The summed E-state index contributed by atoms with van der Waals surface area (Å²) in [5, 5.41) is 2.71. The summed E-state index contributed by atoms with van der Waals surface area (Å²) in [5.41, 5.74) is 3.11. The zero-order valence-electron chi connectivity index (χ0n) is 16.3. The van der Waals surface area contributed by atoms with Crippen molar-refractivity contribution in [1.82, 2.24) is 0 Å². The van der Waals surface area contributed by atoms with Gasteiger partial charge in [-0.15, -0.1) is 0 Å². The molecular weight excluding hydrogens is 366 g/mol. The molecule has 0 saturated heterocycles. The molecule has 0 aliphatic carbocycles. The van der Waals surface area contributed by atoms with Crippen LogP contribution in [0.15, 0.2) is 78.9 Å². The molecule has 0 saturated carbocycles. The predicted octanol–water partition coefficient (Wildman–Crippen LogP) is 4.62. The summed E-state index contributed by atoms with van der Waals surface area (Å²) in [7, 11) is 0. The SMILES string of the molecule is CCc1ccc(NC(=O)COC(=O)c2ccccc2OCc2ccccc2)cc1. The number of amides is 1. The average molecular weight is 389 g/mol. The van der Waals surface area contributed by atoms with Crippen molar-refractivity contribution in [2.75, 3.05) is 11.9 Å². The maximum Gasteiger partial charge on any atom is 0.342 e. The van der Waals surface area contributed by atoms with Crippen LogP contribution >= 0.6 is 0 Å². The Balaban J connectivity index is 1.55. The van der Waals surface area contributed by atoms with E-state index in [0.29, 0.717) is 18.0 Å². The van der Waals surface area contributed by atoms with Crippen molar-refractivity contribution in [2.24, 2.45) is 0 Å². The van der Waals surface area contributed by atoms with E-state index in [-0.39, 0.29) is 12.2 Å². The molecule has 29 heavy (non-hydrogen) atoms. The number of carbonyl (C=O) groups is 2. The van der Waals surface area contributed by atoms with Crippen LogP contribution in [0, 0.1) is 0 Å². The van der Waals surface area contributed by atoms with Crippen LogP contribution in [0.3, 0.4) is 0 Å². The summed E-state index contributed by atoms with van der Waals surface area (Å²) in [6, 6.07) is 24.0. The quantitative estimate of drug-likeness (QED) is 0.571. The number of aryl methyl sites for hydroxylation is 1. The van der Waals surface area contributed by atoms with Crippen molar-refractivity contribution in [3.05, 3.63) is 95.6 Å². The predicted molar refractivity (Wildman–Crippen MR) is 112 cm³/mol. The van der Waals surface area contributed by atoms with Crippen LogP contribution in [-0.4, -0.2) is 18.5 Å². The van der Waals surface area contributed by atoms with E-state index in [1.807, 2.05) is 54.6 Å². The Hall–Kier alpha value is -3.60. The Kier molecular flexibility index (Phi) is 7.00. The number of esters is 1.